The topological polar surface area (TPSA) is 78.0 Å². The zero-order valence-electron chi connectivity index (χ0n) is 11.4. The number of carbonyl (C=O) groups excluding carboxylic acids is 1. The highest BCUT2D eigenvalue weighted by Gasteiger charge is 2.39. The summed E-state index contributed by atoms with van der Waals surface area (Å²) in [5.41, 5.74) is 0.104. The summed E-state index contributed by atoms with van der Waals surface area (Å²) in [7, 11) is 0. The second-order valence-electron chi connectivity index (χ2n) is 5.19. The van der Waals surface area contributed by atoms with Gasteiger partial charge in [0.15, 0.2) is 5.60 Å². The number of amides is 1. The van der Waals surface area contributed by atoms with Gasteiger partial charge in [-0.15, -0.1) is 0 Å². The van der Waals surface area contributed by atoms with Gasteiger partial charge in [0, 0.05) is 18.7 Å². The lowest BCUT2D eigenvalue weighted by atomic mass is 10.0. The number of benzene rings is 1. The third kappa shape index (κ3) is 3.03. The van der Waals surface area contributed by atoms with E-state index in [1.165, 1.54) is 12.1 Å². The Kier molecular flexibility index (Phi) is 3.86. The maximum absolute atomic E-state index is 13.1. The second kappa shape index (κ2) is 5.65. The number of nitrogens with zero attached hydrogens (tertiary/aromatic N) is 1. The number of rotatable bonds is 4. The van der Waals surface area contributed by atoms with E-state index in [2.05, 4.69) is 15.3 Å². The lowest BCUT2D eigenvalue weighted by Gasteiger charge is -2.19. The molecule has 3 N–H and O–H groups in total. The minimum Gasteiger partial charge on any atom is -0.379 e. The third-order valence-corrected chi connectivity index (χ3v) is 4.74. The predicted molar refractivity (Wildman–Crippen MR) is 79.7 cm³/mol. The standard InChI is InChI=1S/C14H16FN3O2S/c15-9-1-2-10-11(7-9)18-12(17-10)3-5-16-13(19)14(20)4-6-21-8-14/h1-2,7,20H,3-6,8H2,(H,16,19)(H,17,18). The minimum atomic E-state index is -1.23. The van der Waals surface area contributed by atoms with Crippen LogP contribution in [-0.4, -0.2) is 44.6 Å². The second-order valence-corrected chi connectivity index (χ2v) is 6.29. The third-order valence-electron chi connectivity index (χ3n) is 3.56. The van der Waals surface area contributed by atoms with Gasteiger partial charge in [-0.05, 0) is 30.4 Å². The molecule has 1 atom stereocenters. The number of fused-ring (bicyclic) bond motifs is 1. The molecule has 3 rings (SSSR count). The Morgan fingerprint density at radius 2 is 2.43 bits per heavy atom. The molecule has 1 unspecified atom stereocenters. The van der Waals surface area contributed by atoms with E-state index in [0.717, 1.165) is 5.75 Å². The molecule has 1 fully saturated rings. The normalized spacial score (nSPS) is 21.8. The van der Waals surface area contributed by atoms with Gasteiger partial charge in [0.1, 0.15) is 11.6 Å². The number of H-pyrrole nitrogens is 1. The molecule has 2 heterocycles. The summed E-state index contributed by atoms with van der Waals surface area (Å²) in [6.45, 7) is 0.383. The Hall–Kier alpha value is -1.60. The zero-order chi connectivity index (χ0) is 14.9. The van der Waals surface area contributed by atoms with Crippen molar-refractivity contribution in [3.8, 4) is 0 Å². The average Bonchev–Trinajstić information content (AvgIpc) is 3.05. The van der Waals surface area contributed by atoms with E-state index in [9.17, 15) is 14.3 Å². The number of aliphatic hydroxyl groups is 1. The fourth-order valence-electron chi connectivity index (χ4n) is 2.35. The van der Waals surface area contributed by atoms with Crippen molar-refractivity contribution in [3.63, 3.8) is 0 Å². The van der Waals surface area contributed by atoms with Crippen molar-refractivity contribution in [2.75, 3.05) is 18.1 Å². The highest BCUT2D eigenvalue weighted by atomic mass is 32.2. The summed E-state index contributed by atoms with van der Waals surface area (Å²) in [5, 5.41) is 12.8. The summed E-state index contributed by atoms with van der Waals surface area (Å²) in [5.74, 6) is 1.30. The Balaban J connectivity index is 1.58. The Morgan fingerprint density at radius 1 is 1.57 bits per heavy atom. The lowest BCUT2D eigenvalue weighted by Crippen LogP contribution is -2.47. The van der Waals surface area contributed by atoms with Crippen molar-refractivity contribution in [1.29, 1.82) is 0 Å². The zero-order valence-corrected chi connectivity index (χ0v) is 12.2. The van der Waals surface area contributed by atoms with Gasteiger partial charge >= 0.3 is 0 Å². The monoisotopic (exact) mass is 309 g/mol. The van der Waals surface area contributed by atoms with Crippen LogP contribution in [0.25, 0.3) is 11.0 Å². The maximum atomic E-state index is 13.1. The first-order chi connectivity index (χ1) is 10.1. The number of aromatic nitrogens is 2. The van der Waals surface area contributed by atoms with Crippen LogP contribution in [0.15, 0.2) is 18.2 Å². The van der Waals surface area contributed by atoms with E-state index in [4.69, 9.17) is 0 Å². The first-order valence-electron chi connectivity index (χ1n) is 6.79. The molecule has 1 aliphatic heterocycles. The van der Waals surface area contributed by atoms with Gasteiger partial charge < -0.3 is 15.4 Å². The molecule has 0 saturated carbocycles. The van der Waals surface area contributed by atoms with Crippen LogP contribution in [0, 0.1) is 5.82 Å². The van der Waals surface area contributed by atoms with Crippen molar-refractivity contribution in [3.05, 3.63) is 29.8 Å². The van der Waals surface area contributed by atoms with E-state index in [1.54, 1.807) is 17.8 Å². The summed E-state index contributed by atoms with van der Waals surface area (Å²) in [6.07, 6.45) is 0.999. The van der Waals surface area contributed by atoms with Crippen LogP contribution in [0.1, 0.15) is 12.2 Å². The SMILES string of the molecule is O=C(NCCc1nc2ccc(F)cc2[nH]1)C1(O)CCSC1. The molecule has 1 amide bonds. The van der Waals surface area contributed by atoms with Crippen molar-refractivity contribution < 1.29 is 14.3 Å². The number of hydrogen-bond acceptors (Lipinski definition) is 4. The molecule has 2 aromatic rings. The lowest BCUT2D eigenvalue weighted by molar-refractivity contribution is -0.137. The van der Waals surface area contributed by atoms with Crippen LogP contribution in [0.2, 0.25) is 0 Å². The van der Waals surface area contributed by atoms with E-state index in [-0.39, 0.29) is 11.7 Å². The summed E-state index contributed by atoms with van der Waals surface area (Å²) < 4.78 is 13.1. The molecule has 0 spiro atoms. The van der Waals surface area contributed by atoms with Gasteiger partial charge in [-0.1, -0.05) is 0 Å². The molecule has 0 aliphatic carbocycles. The van der Waals surface area contributed by atoms with Gasteiger partial charge in [0.25, 0.3) is 5.91 Å². The molecule has 1 aliphatic rings. The van der Waals surface area contributed by atoms with Crippen LogP contribution in [0.5, 0.6) is 0 Å². The quantitative estimate of drug-likeness (QED) is 0.794. The van der Waals surface area contributed by atoms with Crippen molar-refractivity contribution in [1.82, 2.24) is 15.3 Å². The molecule has 1 aromatic carbocycles. The van der Waals surface area contributed by atoms with Gasteiger partial charge in [-0.3, -0.25) is 4.79 Å². The number of halogens is 1. The van der Waals surface area contributed by atoms with Crippen molar-refractivity contribution in [2.24, 2.45) is 0 Å². The summed E-state index contributed by atoms with van der Waals surface area (Å²) in [6, 6.07) is 4.37. The van der Waals surface area contributed by atoms with Crippen LogP contribution in [-0.2, 0) is 11.2 Å². The highest BCUT2D eigenvalue weighted by molar-refractivity contribution is 7.99. The van der Waals surface area contributed by atoms with Crippen LogP contribution < -0.4 is 5.32 Å². The van der Waals surface area contributed by atoms with E-state index >= 15 is 0 Å². The van der Waals surface area contributed by atoms with E-state index in [0.29, 0.717) is 42.0 Å². The number of hydrogen-bond donors (Lipinski definition) is 3. The molecule has 0 radical (unpaired) electrons. The van der Waals surface area contributed by atoms with Gasteiger partial charge in [0.2, 0.25) is 0 Å². The molecule has 1 saturated heterocycles. The molecule has 5 nitrogen and oxygen atoms in total. The Bertz CT molecular complexity index is 667. The fourth-order valence-corrected chi connectivity index (χ4v) is 3.58. The fraction of sp³-hybridized carbons (Fsp3) is 0.429. The van der Waals surface area contributed by atoms with Crippen LogP contribution in [0.4, 0.5) is 4.39 Å². The summed E-state index contributed by atoms with van der Waals surface area (Å²) >= 11 is 1.58. The minimum absolute atomic E-state index is 0.313. The van der Waals surface area contributed by atoms with E-state index < -0.39 is 5.60 Å². The molecule has 0 bridgehead atoms. The van der Waals surface area contributed by atoms with Gasteiger partial charge in [-0.25, -0.2) is 9.37 Å². The van der Waals surface area contributed by atoms with Gasteiger partial charge in [-0.2, -0.15) is 11.8 Å². The molecular weight excluding hydrogens is 293 g/mol. The predicted octanol–water partition coefficient (Wildman–Crippen LogP) is 1.23. The largest absolute Gasteiger partial charge is 0.379 e. The maximum Gasteiger partial charge on any atom is 0.252 e. The van der Waals surface area contributed by atoms with Gasteiger partial charge in [0.05, 0.1) is 11.0 Å². The summed E-state index contributed by atoms with van der Waals surface area (Å²) in [4.78, 5) is 19.3. The van der Waals surface area contributed by atoms with Crippen LogP contribution in [0.3, 0.4) is 0 Å². The van der Waals surface area contributed by atoms with Crippen LogP contribution >= 0.6 is 11.8 Å². The van der Waals surface area contributed by atoms with Crippen molar-refractivity contribution in [2.45, 2.75) is 18.4 Å². The first kappa shape index (κ1) is 14.3. The number of thioether (sulfide) groups is 1. The Labute approximate surface area is 125 Å². The number of aromatic amines is 1. The number of nitrogens with one attached hydrogen (secondary N) is 2. The molecule has 7 heteroatoms. The molecular formula is C14H16FN3O2S. The van der Waals surface area contributed by atoms with Crippen molar-refractivity contribution >= 4 is 28.7 Å². The van der Waals surface area contributed by atoms with E-state index in [1.807, 2.05) is 0 Å². The number of carbonyl (C=O) groups is 1. The molecule has 112 valence electrons. The smallest absolute Gasteiger partial charge is 0.252 e. The molecule has 21 heavy (non-hydrogen) atoms. The average molecular weight is 309 g/mol. The highest BCUT2D eigenvalue weighted by Crippen LogP contribution is 2.27. The Morgan fingerprint density at radius 3 is 3.19 bits per heavy atom. The first-order valence-corrected chi connectivity index (χ1v) is 7.95. The molecule has 1 aromatic heterocycles. The number of imidazole rings is 1.